The zero-order valence-corrected chi connectivity index (χ0v) is 23.2. The first-order valence-corrected chi connectivity index (χ1v) is 13.5. The number of rotatable bonds is 8. The van der Waals surface area contributed by atoms with Crippen LogP contribution in [0.2, 0.25) is 0 Å². The first kappa shape index (κ1) is 26.3. The molecule has 10 heteroatoms. The van der Waals surface area contributed by atoms with Crippen LogP contribution in [-0.4, -0.2) is 39.7 Å². The molecule has 1 saturated carbocycles. The van der Waals surface area contributed by atoms with Gasteiger partial charge in [0.1, 0.15) is 5.82 Å². The highest BCUT2D eigenvalue weighted by atomic mass is 79.9. The van der Waals surface area contributed by atoms with E-state index < -0.39 is 12.1 Å². The second-order valence-electron chi connectivity index (χ2n) is 8.64. The predicted octanol–water partition coefficient (Wildman–Crippen LogP) is 6.10. The smallest absolute Gasteiger partial charge is 0.344 e. The third-order valence-corrected chi connectivity index (χ3v) is 8.30. The average molecular weight is 621 g/mol. The van der Waals surface area contributed by atoms with E-state index in [1.54, 1.807) is 18.3 Å². The summed E-state index contributed by atoms with van der Waals surface area (Å²) in [5.74, 6) is 0.368. The quantitative estimate of drug-likeness (QED) is 0.305. The Hall–Kier alpha value is -2.72. The van der Waals surface area contributed by atoms with E-state index in [-0.39, 0.29) is 17.2 Å². The summed E-state index contributed by atoms with van der Waals surface area (Å²) in [5.41, 5.74) is 1.08. The van der Waals surface area contributed by atoms with E-state index >= 15 is 0 Å². The maximum absolute atomic E-state index is 13.5. The Morgan fingerprint density at radius 2 is 1.97 bits per heavy atom. The number of fused-ring (bicyclic) bond motifs is 1. The van der Waals surface area contributed by atoms with E-state index in [0.717, 1.165) is 25.7 Å². The Morgan fingerprint density at radius 1 is 1.25 bits per heavy atom. The molecule has 4 rings (SSSR count). The van der Waals surface area contributed by atoms with Crippen molar-refractivity contribution in [1.82, 2.24) is 9.66 Å². The van der Waals surface area contributed by atoms with Crippen LogP contribution in [0, 0.1) is 0 Å². The molecule has 0 amide bonds. The van der Waals surface area contributed by atoms with Gasteiger partial charge in [-0.05, 0) is 76.7 Å². The van der Waals surface area contributed by atoms with Gasteiger partial charge in [-0.25, -0.2) is 9.78 Å². The highest BCUT2D eigenvalue weighted by molar-refractivity contribution is 9.13. The van der Waals surface area contributed by atoms with Crippen LogP contribution in [0.5, 0.6) is 11.5 Å². The van der Waals surface area contributed by atoms with E-state index in [1.165, 1.54) is 18.0 Å². The first-order chi connectivity index (χ1) is 17.3. The van der Waals surface area contributed by atoms with Crippen LogP contribution in [0.25, 0.3) is 10.9 Å². The van der Waals surface area contributed by atoms with Gasteiger partial charge in [0.25, 0.3) is 5.56 Å². The summed E-state index contributed by atoms with van der Waals surface area (Å²) in [6.07, 6.45) is 5.83. The number of para-hydroxylation sites is 1. The number of carboxylic acid groups (broad SMARTS) is 1. The second kappa shape index (κ2) is 11.6. The number of benzene rings is 2. The highest BCUT2D eigenvalue weighted by Crippen LogP contribution is 2.43. The number of nitrogens with zero attached hydrogens (tertiary/aromatic N) is 3. The summed E-state index contributed by atoms with van der Waals surface area (Å²) in [6, 6.07) is 9.02. The summed E-state index contributed by atoms with van der Waals surface area (Å²) in [7, 11) is 0. The number of aromatic nitrogens is 2. The highest BCUT2D eigenvalue weighted by Gasteiger charge is 2.24. The van der Waals surface area contributed by atoms with Crippen LogP contribution < -0.4 is 15.0 Å². The molecule has 190 valence electrons. The molecule has 3 aromatic rings. The molecule has 1 aliphatic rings. The molecule has 0 radical (unpaired) electrons. The SMILES string of the molecule is CCOc1cc(C=Nn2c(C3CCCCC3)nc3ccccc3c2=O)c(Br)c(Br)c1O[C@@H](C)C(=O)O. The van der Waals surface area contributed by atoms with Crippen LogP contribution in [0.1, 0.15) is 63.3 Å². The molecular formula is C26H27Br2N3O5. The normalized spacial score (nSPS) is 15.3. The number of carbonyl (C=O) groups is 1. The zero-order valence-electron chi connectivity index (χ0n) is 20.0. The number of aliphatic carboxylic acids is 1. The Bertz CT molecular complexity index is 1370. The zero-order chi connectivity index (χ0) is 25.8. The predicted molar refractivity (Wildman–Crippen MR) is 146 cm³/mol. The molecular weight excluding hydrogens is 594 g/mol. The average Bonchev–Trinajstić information content (AvgIpc) is 2.88. The van der Waals surface area contributed by atoms with Gasteiger partial charge in [0.05, 0.1) is 28.2 Å². The van der Waals surface area contributed by atoms with Gasteiger partial charge in [-0.2, -0.15) is 9.78 Å². The molecule has 1 heterocycles. The van der Waals surface area contributed by atoms with E-state index in [4.69, 9.17) is 14.5 Å². The van der Waals surface area contributed by atoms with Crippen molar-refractivity contribution >= 4 is 54.9 Å². The minimum atomic E-state index is -1.09. The molecule has 1 aromatic heterocycles. The Kier molecular flexibility index (Phi) is 8.46. The van der Waals surface area contributed by atoms with Gasteiger partial charge in [-0.15, -0.1) is 0 Å². The Morgan fingerprint density at radius 3 is 2.67 bits per heavy atom. The summed E-state index contributed by atoms with van der Waals surface area (Å²) >= 11 is 7.04. The topological polar surface area (TPSA) is 103 Å². The van der Waals surface area contributed by atoms with E-state index in [2.05, 4.69) is 37.0 Å². The van der Waals surface area contributed by atoms with E-state index in [9.17, 15) is 14.7 Å². The minimum absolute atomic E-state index is 0.163. The Balaban J connectivity index is 1.81. The van der Waals surface area contributed by atoms with Crippen molar-refractivity contribution in [1.29, 1.82) is 0 Å². The van der Waals surface area contributed by atoms with Crippen molar-refractivity contribution in [2.75, 3.05) is 6.61 Å². The lowest BCUT2D eigenvalue weighted by molar-refractivity contribution is -0.144. The second-order valence-corrected chi connectivity index (χ2v) is 10.2. The van der Waals surface area contributed by atoms with Gasteiger partial charge in [0.15, 0.2) is 17.6 Å². The fourth-order valence-corrected chi connectivity index (χ4v) is 5.21. The molecule has 1 N–H and O–H groups in total. The van der Waals surface area contributed by atoms with Crippen molar-refractivity contribution < 1.29 is 19.4 Å². The van der Waals surface area contributed by atoms with Crippen molar-refractivity contribution in [2.24, 2.45) is 5.10 Å². The number of halogens is 2. The first-order valence-electron chi connectivity index (χ1n) is 11.9. The summed E-state index contributed by atoms with van der Waals surface area (Å²) in [5, 5.41) is 14.4. The van der Waals surface area contributed by atoms with Crippen LogP contribution >= 0.6 is 31.9 Å². The standard InChI is InChI=1S/C26H27Br2N3O5/c1-3-35-20-13-17(21(27)22(28)23(20)36-15(2)26(33)34)14-29-31-24(16-9-5-4-6-10-16)30-19-12-8-7-11-18(19)25(31)32/h7-8,11-16H,3-6,9-10H2,1-2H3,(H,33,34)/t15-/m0/s1. The summed E-state index contributed by atoms with van der Waals surface area (Å²) in [4.78, 5) is 29.6. The van der Waals surface area contributed by atoms with Crippen LogP contribution in [0.3, 0.4) is 0 Å². The van der Waals surface area contributed by atoms with Gasteiger partial charge in [-0.3, -0.25) is 4.79 Å². The number of hydrogen-bond acceptors (Lipinski definition) is 6. The third-order valence-electron chi connectivity index (χ3n) is 6.16. The summed E-state index contributed by atoms with van der Waals surface area (Å²) < 4.78 is 13.9. The lowest BCUT2D eigenvalue weighted by Gasteiger charge is -2.22. The van der Waals surface area contributed by atoms with Gasteiger partial charge in [0.2, 0.25) is 0 Å². The van der Waals surface area contributed by atoms with Crippen LogP contribution in [-0.2, 0) is 4.79 Å². The van der Waals surface area contributed by atoms with Gasteiger partial charge in [-0.1, -0.05) is 31.4 Å². The lowest BCUT2D eigenvalue weighted by atomic mass is 9.88. The monoisotopic (exact) mass is 619 g/mol. The van der Waals surface area contributed by atoms with Crippen molar-refractivity contribution in [2.45, 2.75) is 58.0 Å². The van der Waals surface area contributed by atoms with Crippen molar-refractivity contribution in [3.63, 3.8) is 0 Å². The number of carboxylic acids is 1. The number of ether oxygens (including phenoxy) is 2. The van der Waals surface area contributed by atoms with Crippen LogP contribution in [0.4, 0.5) is 0 Å². The van der Waals surface area contributed by atoms with Crippen molar-refractivity contribution in [3.8, 4) is 11.5 Å². The summed E-state index contributed by atoms with van der Waals surface area (Å²) in [6.45, 7) is 3.62. The molecule has 1 fully saturated rings. The van der Waals surface area contributed by atoms with Gasteiger partial charge >= 0.3 is 5.97 Å². The molecule has 0 spiro atoms. The fraction of sp³-hybridized carbons (Fsp3) is 0.385. The maximum atomic E-state index is 13.5. The fourth-order valence-electron chi connectivity index (χ4n) is 4.30. The molecule has 0 aliphatic heterocycles. The molecule has 0 unspecified atom stereocenters. The van der Waals surface area contributed by atoms with Gasteiger partial charge in [0, 0.05) is 16.0 Å². The molecule has 1 atom stereocenters. The molecule has 8 nitrogen and oxygen atoms in total. The Labute approximate surface area is 225 Å². The molecule has 0 saturated heterocycles. The minimum Gasteiger partial charge on any atom is -0.490 e. The van der Waals surface area contributed by atoms with E-state index in [0.29, 0.717) is 43.6 Å². The molecule has 0 bridgehead atoms. The van der Waals surface area contributed by atoms with Crippen LogP contribution in [0.15, 0.2) is 49.2 Å². The van der Waals surface area contributed by atoms with Gasteiger partial charge < -0.3 is 14.6 Å². The third kappa shape index (κ3) is 5.49. The maximum Gasteiger partial charge on any atom is 0.344 e. The molecule has 36 heavy (non-hydrogen) atoms. The largest absolute Gasteiger partial charge is 0.490 e. The number of hydrogen-bond donors (Lipinski definition) is 1. The molecule has 2 aromatic carbocycles. The lowest BCUT2D eigenvalue weighted by Crippen LogP contribution is -2.25. The van der Waals surface area contributed by atoms with Crippen molar-refractivity contribution in [3.05, 3.63) is 61.0 Å². The van der Waals surface area contributed by atoms with E-state index in [1.807, 2.05) is 25.1 Å². The molecule has 1 aliphatic carbocycles.